The summed E-state index contributed by atoms with van der Waals surface area (Å²) in [5.41, 5.74) is 9.25. The molecule has 90 valence electrons. The number of primary amides is 1. The van der Waals surface area contributed by atoms with Gasteiger partial charge >= 0.3 is 6.03 Å². The molecule has 1 heterocycles. The number of nitrogens with zero attached hydrogens (tertiary/aromatic N) is 1. The van der Waals surface area contributed by atoms with Crippen molar-refractivity contribution >= 4 is 17.8 Å². The second-order valence-corrected chi connectivity index (χ2v) is 3.93. The van der Waals surface area contributed by atoms with Gasteiger partial charge in [0.05, 0.1) is 12.0 Å². The van der Waals surface area contributed by atoms with Crippen molar-refractivity contribution in [1.29, 1.82) is 0 Å². The molecular weight excluding hydrogens is 218 g/mol. The lowest BCUT2D eigenvalue weighted by atomic mass is 9.92. The Hall–Kier alpha value is -2.04. The molecule has 1 saturated carbocycles. The summed E-state index contributed by atoms with van der Waals surface area (Å²) in [5, 5.41) is 4.03. The lowest BCUT2D eigenvalue weighted by molar-refractivity contribution is 0.249. The van der Waals surface area contributed by atoms with E-state index < -0.39 is 6.03 Å². The van der Waals surface area contributed by atoms with E-state index in [-0.39, 0.29) is 0 Å². The Balaban J connectivity index is 2.17. The quantitative estimate of drug-likeness (QED) is 0.768. The van der Waals surface area contributed by atoms with Crippen molar-refractivity contribution in [2.75, 3.05) is 0 Å². The lowest BCUT2D eigenvalue weighted by Gasteiger charge is -2.16. The third-order valence-electron chi connectivity index (χ3n) is 2.64. The molecule has 5 nitrogen and oxygen atoms in total. The minimum Gasteiger partial charge on any atom is -0.465 e. The van der Waals surface area contributed by atoms with Crippen LogP contribution in [-0.4, -0.2) is 11.7 Å². The van der Waals surface area contributed by atoms with E-state index >= 15 is 0 Å². The molecule has 17 heavy (non-hydrogen) atoms. The first-order valence-electron chi connectivity index (χ1n) is 5.62. The Bertz CT molecular complexity index is 446. The molecule has 2 rings (SSSR count). The van der Waals surface area contributed by atoms with Crippen molar-refractivity contribution in [3.05, 3.63) is 29.7 Å². The average Bonchev–Trinajstić information content (AvgIpc) is 2.80. The number of hydrogen-bond acceptors (Lipinski definition) is 3. The van der Waals surface area contributed by atoms with Crippen LogP contribution in [0.3, 0.4) is 0 Å². The normalized spacial score (nSPS) is 20.7. The third kappa shape index (κ3) is 3.21. The van der Waals surface area contributed by atoms with Crippen molar-refractivity contribution < 1.29 is 9.21 Å². The number of hydrogen-bond donors (Lipinski definition) is 2. The van der Waals surface area contributed by atoms with E-state index in [1.165, 1.54) is 0 Å². The monoisotopic (exact) mass is 233 g/mol. The lowest BCUT2D eigenvalue weighted by Crippen LogP contribution is -2.26. The number of allylic oxidation sites excluding steroid dienone is 1. The van der Waals surface area contributed by atoms with E-state index in [1.54, 1.807) is 6.26 Å². The summed E-state index contributed by atoms with van der Waals surface area (Å²) in [4.78, 5) is 10.6. The van der Waals surface area contributed by atoms with E-state index in [0.29, 0.717) is 0 Å². The van der Waals surface area contributed by atoms with Crippen molar-refractivity contribution in [2.45, 2.75) is 25.7 Å². The molecule has 2 amide bonds. The number of nitrogens with one attached hydrogen (secondary N) is 1. The summed E-state index contributed by atoms with van der Waals surface area (Å²) in [6, 6.07) is 3.09. The molecule has 0 saturated heterocycles. The number of urea groups is 1. The van der Waals surface area contributed by atoms with Crippen LogP contribution in [0.15, 0.2) is 33.5 Å². The maximum Gasteiger partial charge on any atom is 0.332 e. The third-order valence-corrected chi connectivity index (χ3v) is 2.64. The molecule has 0 aliphatic heterocycles. The molecule has 1 fully saturated rings. The van der Waals surface area contributed by atoms with Crippen LogP contribution in [0.4, 0.5) is 4.79 Å². The van der Waals surface area contributed by atoms with Gasteiger partial charge in [0, 0.05) is 0 Å². The van der Waals surface area contributed by atoms with Gasteiger partial charge in [-0.25, -0.2) is 10.2 Å². The summed E-state index contributed by atoms with van der Waals surface area (Å²) in [6.07, 6.45) is 7.60. The highest BCUT2D eigenvalue weighted by atomic mass is 16.3. The van der Waals surface area contributed by atoms with Crippen LogP contribution in [0.1, 0.15) is 31.4 Å². The fraction of sp³-hybridized carbons (Fsp3) is 0.333. The molecule has 0 atom stereocenters. The zero-order chi connectivity index (χ0) is 12.1. The maximum atomic E-state index is 10.6. The second kappa shape index (κ2) is 5.34. The number of hydrazone groups is 1. The van der Waals surface area contributed by atoms with Crippen molar-refractivity contribution in [3.63, 3.8) is 0 Å². The van der Waals surface area contributed by atoms with Crippen LogP contribution in [0, 0.1) is 0 Å². The maximum absolute atomic E-state index is 10.6. The molecule has 1 aromatic rings. The van der Waals surface area contributed by atoms with Gasteiger partial charge in [-0.15, -0.1) is 0 Å². The molecule has 3 N–H and O–H groups in total. The van der Waals surface area contributed by atoms with Gasteiger partial charge in [-0.2, -0.15) is 5.10 Å². The first-order valence-corrected chi connectivity index (χ1v) is 5.62. The van der Waals surface area contributed by atoms with Crippen LogP contribution in [-0.2, 0) is 0 Å². The predicted molar refractivity (Wildman–Crippen MR) is 65.3 cm³/mol. The summed E-state index contributed by atoms with van der Waals surface area (Å²) in [7, 11) is 0. The Morgan fingerprint density at radius 2 is 2.29 bits per heavy atom. The van der Waals surface area contributed by atoms with Gasteiger partial charge in [0.1, 0.15) is 5.76 Å². The minimum absolute atomic E-state index is 0.638. The van der Waals surface area contributed by atoms with Gasteiger partial charge in [0.2, 0.25) is 0 Å². The highest BCUT2D eigenvalue weighted by Gasteiger charge is 2.14. The van der Waals surface area contributed by atoms with Gasteiger partial charge in [0.25, 0.3) is 0 Å². The minimum atomic E-state index is -0.638. The second-order valence-electron chi connectivity index (χ2n) is 3.93. The highest BCUT2D eigenvalue weighted by Crippen LogP contribution is 2.23. The van der Waals surface area contributed by atoms with Crippen LogP contribution in [0.25, 0.3) is 6.08 Å². The summed E-state index contributed by atoms with van der Waals surface area (Å²) in [6.45, 7) is 0. The van der Waals surface area contributed by atoms with Gasteiger partial charge < -0.3 is 10.2 Å². The van der Waals surface area contributed by atoms with E-state index in [0.717, 1.165) is 42.7 Å². The largest absolute Gasteiger partial charge is 0.465 e. The number of furan rings is 1. The zero-order valence-corrected chi connectivity index (χ0v) is 9.48. The van der Waals surface area contributed by atoms with Crippen LogP contribution in [0.2, 0.25) is 0 Å². The molecule has 0 spiro atoms. The van der Waals surface area contributed by atoms with Gasteiger partial charge in [-0.1, -0.05) is 0 Å². The Morgan fingerprint density at radius 3 is 3.00 bits per heavy atom. The van der Waals surface area contributed by atoms with Crippen LogP contribution >= 0.6 is 0 Å². The number of carbonyl (C=O) groups excluding carboxylic acids is 1. The number of amides is 2. The summed E-state index contributed by atoms with van der Waals surface area (Å²) in [5.74, 6) is 0.800. The van der Waals surface area contributed by atoms with E-state index in [9.17, 15) is 4.79 Å². The van der Waals surface area contributed by atoms with Gasteiger partial charge in [-0.05, 0) is 49.5 Å². The molecule has 0 unspecified atom stereocenters. The van der Waals surface area contributed by atoms with Crippen molar-refractivity contribution in [1.82, 2.24) is 5.43 Å². The van der Waals surface area contributed by atoms with Crippen molar-refractivity contribution in [2.24, 2.45) is 10.8 Å². The van der Waals surface area contributed by atoms with Crippen LogP contribution in [0.5, 0.6) is 0 Å². The fourth-order valence-corrected chi connectivity index (χ4v) is 1.86. The highest BCUT2D eigenvalue weighted by molar-refractivity contribution is 6.04. The van der Waals surface area contributed by atoms with E-state index in [2.05, 4.69) is 10.5 Å². The first kappa shape index (κ1) is 11.4. The number of carbonyl (C=O) groups is 1. The van der Waals surface area contributed by atoms with Gasteiger partial charge in [-0.3, -0.25) is 0 Å². The predicted octanol–water partition coefficient (Wildman–Crippen LogP) is 2.26. The average molecular weight is 233 g/mol. The zero-order valence-electron chi connectivity index (χ0n) is 9.48. The number of nitrogens with two attached hydrogens (primary N) is 1. The molecule has 1 aliphatic rings. The number of rotatable bonds is 2. The smallest absolute Gasteiger partial charge is 0.332 e. The molecule has 0 aromatic carbocycles. The first-order chi connectivity index (χ1) is 8.25. The SMILES string of the molecule is NC(=O)N/N=C1\CCCC\C1=C/c1ccco1. The fourth-order valence-electron chi connectivity index (χ4n) is 1.86. The van der Waals surface area contributed by atoms with Crippen LogP contribution < -0.4 is 11.2 Å². The topological polar surface area (TPSA) is 80.6 Å². The Kier molecular flexibility index (Phi) is 3.59. The Labute approximate surface area is 99.4 Å². The Morgan fingerprint density at radius 1 is 1.47 bits per heavy atom. The molecule has 1 aromatic heterocycles. The standard InChI is InChI=1S/C12H15N3O2/c13-12(16)15-14-11-6-2-1-4-9(11)8-10-5-3-7-17-10/h3,5,7-8H,1-2,4,6H2,(H3,13,15,16)/b9-8+,14-11+. The van der Waals surface area contributed by atoms with Crippen molar-refractivity contribution in [3.8, 4) is 0 Å². The van der Waals surface area contributed by atoms with E-state index in [1.807, 2.05) is 18.2 Å². The molecule has 5 heteroatoms. The van der Waals surface area contributed by atoms with E-state index in [4.69, 9.17) is 10.2 Å². The molecule has 0 bridgehead atoms. The summed E-state index contributed by atoms with van der Waals surface area (Å²) >= 11 is 0. The summed E-state index contributed by atoms with van der Waals surface area (Å²) < 4.78 is 5.27. The molecule has 0 radical (unpaired) electrons. The molecule has 1 aliphatic carbocycles. The van der Waals surface area contributed by atoms with Gasteiger partial charge in [0.15, 0.2) is 0 Å². The molecular formula is C12H15N3O2.